The van der Waals surface area contributed by atoms with Crippen molar-refractivity contribution >= 4 is 0 Å². The maximum atomic E-state index is 5.97. The van der Waals surface area contributed by atoms with Crippen molar-refractivity contribution in [1.29, 1.82) is 0 Å². The summed E-state index contributed by atoms with van der Waals surface area (Å²) in [5.74, 6) is 0.902. The zero-order chi connectivity index (χ0) is 10.5. The van der Waals surface area contributed by atoms with Crippen molar-refractivity contribution < 1.29 is 0 Å². The van der Waals surface area contributed by atoms with Gasteiger partial charge in [0.25, 0.3) is 0 Å². The van der Waals surface area contributed by atoms with Gasteiger partial charge in [-0.05, 0) is 51.1 Å². The second-order valence-electron chi connectivity index (χ2n) is 5.51. The average Bonchev–Trinajstić information content (AvgIpc) is 2.56. The summed E-state index contributed by atoms with van der Waals surface area (Å²) in [5, 5.41) is 0. The van der Waals surface area contributed by atoms with Crippen LogP contribution in [0.5, 0.6) is 0 Å². The Hall–Kier alpha value is -0.0800. The van der Waals surface area contributed by atoms with Crippen LogP contribution in [0, 0.1) is 5.92 Å². The quantitative estimate of drug-likeness (QED) is 0.758. The molecule has 2 unspecified atom stereocenters. The van der Waals surface area contributed by atoms with Gasteiger partial charge in [0.1, 0.15) is 0 Å². The molecule has 0 bridgehead atoms. The predicted octanol–water partition coefficient (Wildman–Crippen LogP) is 2.38. The third kappa shape index (κ3) is 3.76. The molecule has 0 aromatic heterocycles. The van der Waals surface area contributed by atoms with E-state index in [-0.39, 0.29) is 0 Å². The number of likely N-dealkylation sites (tertiary alicyclic amines) is 1. The molecule has 2 aliphatic rings. The summed E-state index contributed by atoms with van der Waals surface area (Å²) in [7, 11) is 0. The Bertz CT molecular complexity index is 173. The lowest BCUT2D eigenvalue weighted by molar-refractivity contribution is 0.212. The fourth-order valence-electron chi connectivity index (χ4n) is 3.14. The van der Waals surface area contributed by atoms with E-state index in [0.29, 0.717) is 6.04 Å². The first-order chi connectivity index (χ1) is 7.34. The predicted molar refractivity (Wildman–Crippen MR) is 64.8 cm³/mol. The molecule has 0 aromatic rings. The molecular weight excluding hydrogens is 184 g/mol. The Morgan fingerprint density at radius 1 is 0.933 bits per heavy atom. The van der Waals surface area contributed by atoms with E-state index in [2.05, 4.69) is 4.90 Å². The van der Waals surface area contributed by atoms with Crippen molar-refractivity contribution in [2.24, 2.45) is 11.7 Å². The van der Waals surface area contributed by atoms with Crippen LogP contribution in [0.25, 0.3) is 0 Å². The van der Waals surface area contributed by atoms with Crippen LogP contribution in [0.15, 0.2) is 0 Å². The maximum absolute atomic E-state index is 5.97. The lowest BCUT2D eigenvalue weighted by Crippen LogP contribution is -2.32. The molecule has 1 heterocycles. The molecule has 1 saturated heterocycles. The zero-order valence-corrected chi connectivity index (χ0v) is 9.96. The van der Waals surface area contributed by atoms with Gasteiger partial charge < -0.3 is 10.6 Å². The smallest absolute Gasteiger partial charge is 0.00420 e. The summed E-state index contributed by atoms with van der Waals surface area (Å²) in [6.45, 7) is 4.01. The minimum Gasteiger partial charge on any atom is -0.328 e. The topological polar surface area (TPSA) is 29.3 Å². The normalized spacial score (nSPS) is 35.0. The molecule has 2 N–H and O–H groups in total. The minimum absolute atomic E-state index is 0.504. The number of rotatable bonds is 2. The van der Waals surface area contributed by atoms with Crippen LogP contribution >= 0.6 is 0 Å². The molecule has 0 amide bonds. The van der Waals surface area contributed by atoms with Crippen molar-refractivity contribution in [3.63, 3.8) is 0 Å². The zero-order valence-electron chi connectivity index (χ0n) is 9.96. The highest BCUT2D eigenvalue weighted by atomic mass is 15.1. The van der Waals surface area contributed by atoms with Gasteiger partial charge in [-0.1, -0.05) is 19.3 Å². The van der Waals surface area contributed by atoms with Crippen molar-refractivity contribution in [2.45, 2.75) is 57.4 Å². The van der Waals surface area contributed by atoms with E-state index in [1.807, 2.05) is 0 Å². The van der Waals surface area contributed by atoms with E-state index in [9.17, 15) is 0 Å². The molecule has 0 spiro atoms. The summed E-state index contributed by atoms with van der Waals surface area (Å²) in [6.07, 6.45) is 11.1. The highest BCUT2D eigenvalue weighted by Crippen LogP contribution is 2.25. The fraction of sp³-hybridized carbons (Fsp3) is 1.00. The highest BCUT2D eigenvalue weighted by Gasteiger charge is 2.23. The van der Waals surface area contributed by atoms with E-state index in [1.165, 1.54) is 71.0 Å². The third-order valence-electron chi connectivity index (χ3n) is 4.05. The fourth-order valence-corrected chi connectivity index (χ4v) is 3.14. The molecule has 88 valence electrons. The van der Waals surface area contributed by atoms with Crippen molar-refractivity contribution in [3.8, 4) is 0 Å². The van der Waals surface area contributed by atoms with Crippen LogP contribution in [0.1, 0.15) is 51.4 Å². The van der Waals surface area contributed by atoms with Crippen LogP contribution < -0.4 is 5.73 Å². The van der Waals surface area contributed by atoms with E-state index >= 15 is 0 Å². The van der Waals surface area contributed by atoms with E-state index < -0.39 is 0 Å². The molecule has 0 aromatic carbocycles. The van der Waals surface area contributed by atoms with Gasteiger partial charge in [0, 0.05) is 12.6 Å². The Morgan fingerprint density at radius 3 is 2.20 bits per heavy atom. The summed E-state index contributed by atoms with van der Waals surface area (Å²) >= 11 is 0. The van der Waals surface area contributed by atoms with Crippen molar-refractivity contribution in [3.05, 3.63) is 0 Å². The lowest BCUT2D eigenvalue weighted by Gasteiger charge is -2.27. The standard InChI is InChI=1S/C13H26N2/c14-13-7-6-12(10-13)11-15-8-4-2-1-3-5-9-15/h12-13H,1-11,14H2. The van der Waals surface area contributed by atoms with Crippen LogP contribution in [0.3, 0.4) is 0 Å². The molecule has 1 aliphatic carbocycles. The molecule has 2 heteroatoms. The third-order valence-corrected chi connectivity index (χ3v) is 4.05. The Balaban J connectivity index is 1.71. The number of nitrogens with two attached hydrogens (primary N) is 1. The molecule has 1 saturated carbocycles. The van der Waals surface area contributed by atoms with Gasteiger partial charge in [0.2, 0.25) is 0 Å². The van der Waals surface area contributed by atoms with Crippen LogP contribution in [-0.4, -0.2) is 30.6 Å². The molecule has 2 atom stereocenters. The summed E-state index contributed by atoms with van der Waals surface area (Å²) < 4.78 is 0. The molecule has 0 radical (unpaired) electrons. The van der Waals surface area contributed by atoms with Gasteiger partial charge in [-0.2, -0.15) is 0 Å². The first kappa shape index (κ1) is 11.4. The van der Waals surface area contributed by atoms with Gasteiger partial charge >= 0.3 is 0 Å². The Morgan fingerprint density at radius 2 is 1.60 bits per heavy atom. The molecule has 15 heavy (non-hydrogen) atoms. The monoisotopic (exact) mass is 210 g/mol. The average molecular weight is 210 g/mol. The Kier molecular flexibility index (Phi) is 4.45. The van der Waals surface area contributed by atoms with Crippen molar-refractivity contribution in [1.82, 2.24) is 4.90 Å². The van der Waals surface area contributed by atoms with Crippen LogP contribution in [0.2, 0.25) is 0 Å². The Labute approximate surface area is 94.2 Å². The summed E-state index contributed by atoms with van der Waals surface area (Å²) in [6, 6.07) is 0.504. The second-order valence-corrected chi connectivity index (χ2v) is 5.51. The molecule has 2 fully saturated rings. The number of nitrogens with zero attached hydrogens (tertiary/aromatic N) is 1. The minimum atomic E-state index is 0.504. The van der Waals surface area contributed by atoms with Gasteiger partial charge in [-0.3, -0.25) is 0 Å². The second kappa shape index (κ2) is 5.86. The summed E-state index contributed by atoms with van der Waals surface area (Å²) in [4.78, 5) is 2.70. The van der Waals surface area contributed by atoms with E-state index in [4.69, 9.17) is 5.73 Å². The first-order valence-corrected chi connectivity index (χ1v) is 6.82. The molecule has 2 rings (SSSR count). The number of hydrogen-bond donors (Lipinski definition) is 1. The van der Waals surface area contributed by atoms with Gasteiger partial charge in [-0.15, -0.1) is 0 Å². The lowest BCUT2D eigenvalue weighted by atomic mass is 10.0. The maximum Gasteiger partial charge on any atom is 0.00420 e. The summed E-state index contributed by atoms with van der Waals surface area (Å²) in [5.41, 5.74) is 5.97. The van der Waals surface area contributed by atoms with Crippen LogP contribution in [0.4, 0.5) is 0 Å². The number of hydrogen-bond acceptors (Lipinski definition) is 2. The van der Waals surface area contributed by atoms with Crippen molar-refractivity contribution in [2.75, 3.05) is 19.6 Å². The SMILES string of the molecule is NC1CCC(CN2CCCCCCC2)C1. The van der Waals surface area contributed by atoms with Gasteiger partial charge in [-0.25, -0.2) is 0 Å². The first-order valence-electron chi connectivity index (χ1n) is 6.82. The highest BCUT2D eigenvalue weighted by molar-refractivity contribution is 4.80. The largest absolute Gasteiger partial charge is 0.328 e. The van der Waals surface area contributed by atoms with Crippen LogP contribution in [-0.2, 0) is 0 Å². The molecular formula is C13H26N2. The van der Waals surface area contributed by atoms with Gasteiger partial charge in [0.05, 0.1) is 0 Å². The van der Waals surface area contributed by atoms with E-state index in [0.717, 1.165) is 5.92 Å². The van der Waals surface area contributed by atoms with Gasteiger partial charge in [0.15, 0.2) is 0 Å². The molecule has 2 nitrogen and oxygen atoms in total. The van der Waals surface area contributed by atoms with E-state index in [1.54, 1.807) is 0 Å². The molecule has 1 aliphatic heterocycles.